The van der Waals surface area contributed by atoms with Gasteiger partial charge in [0.1, 0.15) is 0 Å². The van der Waals surface area contributed by atoms with Crippen molar-refractivity contribution >= 4 is 17.5 Å². The van der Waals surface area contributed by atoms with Crippen molar-refractivity contribution in [3.63, 3.8) is 0 Å². The Morgan fingerprint density at radius 2 is 2.17 bits per heavy atom. The van der Waals surface area contributed by atoms with Crippen LogP contribution >= 0.6 is 0 Å². The first-order valence-electron chi connectivity index (χ1n) is 9.03. The minimum atomic E-state index is -2.87. The summed E-state index contributed by atoms with van der Waals surface area (Å²) in [5.74, 6) is 1.45. The molecule has 9 heteroatoms. The van der Waals surface area contributed by atoms with Gasteiger partial charge in [0.05, 0.1) is 6.42 Å². The van der Waals surface area contributed by atoms with Crippen LogP contribution in [0.4, 0.5) is 14.5 Å². The number of H-pyrrole nitrogens is 1. The van der Waals surface area contributed by atoms with Crippen LogP contribution in [0.1, 0.15) is 33.7 Å². The van der Waals surface area contributed by atoms with Crippen LogP contribution in [-0.4, -0.2) is 57.1 Å². The molecule has 0 spiro atoms. The number of carbonyl (C=O) groups is 2. The third-order valence-corrected chi connectivity index (χ3v) is 5.08. The van der Waals surface area contributed by atoms with E-state index < -0.39 is 36.2 Å². The smallest absolute Gasteiger partial charge is 0.276 e. The second kappa shape index (κ2) is 6.67. The van der Waals surface area contributed by atoms with Crippen molar-refractivity contribution in [2.75, 3.05) is 18.9 Å². The maximum Gasteiger partial charge on any atom is 0.276 e. The second-order valence-electron chi connectivity index (χ2n) is 7.36. The van der Waals surface area contributed by atoms with Crippen molar-refractivity contribution in [3.8, 4) is 11.8 Å². The topological polar surface area (TPSA) is 98.3 Å². The van der Waals surface area contributed by atoms with E-state index >= 15 is 0 Å². The number of aliphatic hydroxyl groups is 1. The number of aromatic amines is 1. The van der Waals surface area contributed by atoms with Crippen LogP contribution in [0.5, 0.6) is 0 Å². The number of nitrogens with one attached hydrogen (secondary N) is 2. The maximum absolute atomic E-state index is 13.5. The SMILES string of the molecule is CN1CC[C@@](O)(C#Cc2cccc(NC(=O)c3n[nH]c4c3CC(F)(F)C4)c2)C1=O. The quantitative estimate of drug-likeness (QED) is 0.663. The maximum atomic E-state index is 13.5. The Labute approximate surface area is 165 Å². The van der Waals surface area contributed by atoms with Gasteiger partial charge in [-0.1, -0.05) is 17.9 Å². The number of anilines is 1. The molecule has 2 amide bonds. The Balaban J connectivity index is 1.51. The fraction of sp³-hybridized carbons (Fsp3) is 0.350. The zero-order chi connectivity index (χ0) is 20.8. The summed E-state index contributed by atoms with van der Waals surface area (Å²) in [6, 6.07) is 6.50. The number of benzene rings is 1. The van der Waals surface area contributed by atoms with Gasteiger partial charge in [0, 0.05) is 48.9 Å². The summed E-state index contributed by atoms with van der Waals surface area (Å²) in [6.45, 7) is 0.424. The Bertz CT molecular complexity index is 1070. The van der Waals surface area contributed by atoms with Crippen molar-refractivity contribution in [3.05, 3.63) is 46.8 Å². The van der Waals surface area contributed by atoms with Crippen LogP contribution in [0.15, 0.2) is 24.3 Å². The number of hydrogen-bond acceptors (Lipinski definition) is 4. The molecule has 1 aliphatic carbocycles. The van der Waals surface area contributed by atoms with Gasteiger partial charge in [-0.2, -0.15) is 5.10 Å². The normalized spacial score (nSPS) is 22.2. The van der Waals surface area contributed by atoms with E-state index in [0.717, 1.165) is 0 Å². The van der Waals surface area contributed by atoms with E-state index in [1.807, 2.05) is 0 Å². The molecule has 2 heterocycles. The average Bonchev–Trinajstić information content (AvgIpc) is 3.26. The monoisotopic (exact) mass is 400 g/mol. The standard InChI is InChI=1S/C20H18F2N4O3/c1-26-8-7-19(29,18(26)28)6-5-12-3-2-4-13(9-12)23-17(27)16-14-10-20(21,22)11-15(14)24-25-16/h2-4,9,29H,7-8,10-11H2,1H3,(H,23,27)(H,24,25)/t19-/m0/s1. The van der Waals surface area contributed by atoms with Gasteiger partial charge in [-0.25, -0.2) is 8.78 Å². The summed E-state index contributed by atoms with van der Waals surface area (Å²) in [5, 5.41) is 19.3. The van der Waals surface area contributed by atoms with Crippen molar-refractivity contribution in [2.45, 2.75) is 30.8 Å². The molecule has 0 saturated carbocycles. The molecule has 1 atom stereocenters. The van der Waals surface area contributed by atoms with E-state index in [2.05, 4.69) is 27.4 Å². The molecule has 0 bridgehead atoms. The van der Waals surface area contributed by atoms with Crippen molar-refractivity contribution in [1.29, 1.82) is 0 Å². The molecule has 1 saturated heterocycles. The van der Waals surface area contributed by atoms with Crippen LogP contribution in [0.2, 0.25) is 0 Å². The number of alkyl halides is 2. The number of fused-ring (bicyclic) bond motifs is 1. The van der Waals surface area contributed by atoms with Crippen LogP contribution in [0.25, 0.3) is 0 Å². The molecule has 0 radical (unpaired) electrons. The van der Waals surface area contributed by atoms with Gasteiger partial charge < -0.3 is 15.3 Å². The lowest BCUT2D eigenvalue weighted by Crippen LogP contribution is -2.37. The molecule has 29 heavy (non-hydrogen) atoms. The number of aromatic nitrogens is 2. The summed E-state index contributed by atoms with van der Waals surface area (Å²) in [5.41, 5.74) is -0.381. The number of amides is 2. The summed E-state index contributed by atoms with van der Waals surface area (Å²) in [4.78, 5) is 25.9. The fourth-order valence-corrected chi connectivity index (χ4v) is 3.52. The van der Waals surface area contributed by atoms with Gasteiger partial charge in [-0.15, -0.1) is 0 Å². The van der Waals surface area contributed by atoms with E-state index in [0.29, 0.717) is 17.8 Å². The molecule has 7 nitrogen and oxygen atoms in total. The number of halogens is 2. The van der Waals surface area contributed by atoms with E-state index in [-0.39, 0.29) is 23.4 Å². The number of nitrogens with zero attached hydrogens (tertiary/aromatic N) is 2. The zero-order valence-corrected chi connectivity index (χ0v) is 15.6. The van der Waals surface area contributed by atoms with Crippen LogP contribution < -0.4 is 5.32 Å². The molecule has 1 aliphatic heterocycles. The number of likely N-dealkylation sites (tertiary alicyclic amines) is 1. The number of carbonyl (C=O) groups excluding carboxylic acids is 2. The Morgan fingerprint density at radius 3 is 2.90 bits per heavy atom. The van der Waals surface area contributed by atoms with Gasteiger partial charge in [0.2, 0.25) is 5.60 Å². The molecule has 2 aromatic rings. The fourth-order valence-electron chi connectivity index (χ4n) is 3.52. The molecule has 4 rings (SSSR count). The lowest BCUT2D eigenvalue weighted by atomic mass is 10.0. The highest BCUT2D eigenvalue weighted by atomic mass is 19.3. The number of rotatable bonds is 2. The number of likely N-dealkylation sites (N-methyl/N-ethyl adjacent to an activating group) is 1. The van der Waals surface area contributed by atoms with Gasteiger partial charge in [0.25, 0.3) is 17.7 Å². The summed E-state index contributed by atoms with van der Waals surface area (Å²) < 4.78 is 27.1. The van der Waals surface area contributed by atoms with Crippen LogP contribution in [0.3, 0.4) is 0 Å². The predicted molar refractivity (Wildman–Crippen MR) is 99.4 cm³/mol. The molecular formula is C20H18F2N4O3. The lowest BCUT2D eigenvalue weighted by Gasteiger charge is -2.13. The van der Waals surface area contributed by atoms with Crippen molar-refractivity contribution in [2.24, 2.45) is 0 Å². The largest absolute Gasteiger partial charge is 0.369 e. The van der Waals surface area contributed by atoms with E-state index in [1.165, 1.54) is 4.90 Å². The minimum absolute atomic E-state index is 0.0532. The first-order valence-corrected chi connectivity index (χ1v) is 9.03. The van der Waals surface area contributed by atoms with E-state index in [9.17, 15) is 23.5 Å². The highest BCUT2D eigenvalue weighted by Gasteiger charge is 2.43. The second-order valence-corrected chi connectivity index (χ2v) is 7.36. The summed E-state index contributed by atoms with van der Waals surface area (Å²) >= 11 is 0. The predicted octanol–water partition coefficient (Wildman–Crippen LogP) is 1.34. The van der Waals surface area contributed by atoms with E-state index in [4.69, 9.17) is 0 Å². The third-order valence-electron chi connectivity index (χ3n) is 5.08. The highest BCUT2D eigenvalue weighted by molar-refractivity contribution is 6.04. The average molecular weight is 400 g/mol. The number of hydrogen-bond donors (Lipinski definition) is 3. The molecule has 150 valence electrons. The Hall–Kier alpha value is -3.25. The van der Waals surface area contributed by atoms with Gasteiger partial charge in [0.15, 0.2) is 5.69 Å². The molecule has 1 aromatic heterocycles. The molecular weight excluding hydrogens is 382 g/mol. The minimum Gasteiger partial charge on any atom is -0.369 e. The molecule has 1 fully saturated rings. The van der Waals surface area contributed by atoms with E-state index in [1.54, 1.807) is 31.3 Å². The van der Waals surface area contributed by atoms with Crippen molar-refractivity contribution in [1.82, 2.24) is 15.1 Å². The molecule has 0 unspecified atom stereocenters. The molecule has 3 N–H and O–H groups in total. The van der Waals surface area contributed by atoms with Crippen LogP contribution in [-0.2, 0) is 17.6 Å². The Kier molecular flexibility index (Phi) is 4.39. The molecule has 1 aromatic carbocycles. The lowest BCUT2D eigenvalue weighted by molar-refractivity contribution is -0.137. The first kappa shape index (κ1) is 19.1. The highest BCUT2D eigenvalue weighted by Crippen LogP contribution is 2.35. The first-order chi connectivity index (χ1) is 13.7. The van der Waals surface area contributed by atoms with Gasteiger partial charge in [-0.3, -0.25) is 14.7 Å². The van der Waals surface area contributed by atoms with Gasteiger partial charge >= 0.3 is 0 Å². The van der Waals surface area contributed by atoms with Crippen LogP contribution in [0, 0.1) is 11.8 Å². The zero-order valence-electron chi connectivity index (χ0n) is 15.6. The Morgan fingerprint density at radius 1 is 1.38 bits per heavy atom. The third kappa shape index (κ3) is 3.59. The van der Waals surface area contributed by atoms with Crippen molar-refractivity contribution < 1.29 is 23.5 Å². The summed E-state index contributed by atoms with van der Waals surface area (Å²) in [6.07, 6.45) is -0.751. The molecule has 2 aliphatic rings. The summed E-state index contributed by atoms with van der Waals surface area (Å²) in [7, 11) is 1.60. The van der Waals surface area contributed by atoms with Gasteiger partial charge in [-0.05, 0) is 18.2 Å².